The van der Waals surface area contributed by atoms with Gasteiger partial charge < -0.3 is 18.9 Å². The van der Waals surface area contributed by atoms with E-state index in [1.165, 1.54) is 20.3 Å². The predicted molar refractivity (Wildman–Crippen MR) is 83.1 cm³/mol. The fraction of sp³-hybridized carbons (Fsp3) is 0.467. The largest absolute Gasteiger partial charge is 0.494 e. The Morgan fingerprint density at radius 1 is 1.13 bits per heavy atom. The fourth-order valence-corrected chi connectivity index (χ4v) is 1.73. The number of hydrazine groups is 1. The third kappa shape index (κ3) is 5.42. The minimum atomic E-state index is -1.00. The van der Waals surface area contributed by atoms with Crippen LogP contribution < -0.4 is 15.6 Å². The molecule has 8 heteroatoms. The van der Waals surface area contributed by atoms with Gasteiger partial charge in [0.15, 0.2) is 0 Å². The van der Waals surface area contributed by atoms with Crippen molar-refractivity contribution in [1.82, 2.24) is 5.43 Å². The van der Waals surface area contributed by atoms with Gasteiger partial charge in [0.25, 0.3) is 5.91 Å². The van der Waals surface area contributed by atoms with E-state index in [9.17, 15) is 9.59 Å². The molecule has 0 spiro atoms. The van der Waals surface area contributed by atoms with Crippen LogP contribution in [-0.2, 0) is 19.0 Å². The molecule has 0 atom stereocenters. The van der Waals surface area contributed by atoms with E-state index < -0.39 is 18.2 Å². The first-order valence-electron chi connectivity index (χ1n) is 7.12. The van der Waals surface area contributed by atoms with Crippen LogP contribution in [0.2, 0.25) is 0 Å². The molecule has 128 valence electrons. The van der Waals surface area contributed by atoms with E-state index in [1.807, 2.05) is 0 Å². The Labute approximate surface area is 135 Å². The van der Waals surface area contributed by atoms with Gasteiger partial charge in [0, 0.05) is 13.2 Å². The van der Waals surface area contributed by atoms with Gasteiger partial charge in [0.2, 0.25) is 6.29 Å². The van der Waals surface area contributed by atoms with E-state index in [0.29, 0.717) is 30.2 Å². The molecule has 0 radical (unpaired) electrons. The van der Waals surface area contributed by atoms with Gasteiger partial charge in [-0.1, -0.05) is 0 Å². The Kier molecular flexibility index (Phi) is 7.86. The normalized spacial score (nSPS) is 10.3. The van der Waals surface area contributed by atoms with Crippen molar-refractivity contribution in [2.45, 2.75) is 20.1 Å². The molecule has 0 heterocycles. The molecule has 1 amide bonds. The quantitative estimate of drug-likeness (QED) is 0.401. The van der Waals surface area contributed by atoms with Crippen molar-refractivity contribution in [3.8, 4) is 5.75 Å². The Morgan fingerprint density at radius 2 is 1.78 bits per heavy atom. The van der Waals surface area contributed by atoms with Crippen LogP contribution >= 0.6 is 0 Å². The van der Waals surface area contributed by atoms with Crippen molar-refractivity contribution in [2.75, 3.05) is 32.9 Å². The van der Waals surface area contributed by atoms with Gasteiger partial charge >= 0.3 is 5.97 Å². The number of anilines is 1. The van der Waals surface area contributed by atoms with Gasteiger partial charge in [-0.05, 0) is 32.0 Å². The van der Waals surface area contributed by atoms with Gasteiger partial charge in [0.1, 0.15) is 5.75 Å². The Balaban J connectivity index is 2.76. The van der Waals surface area contributed by atoms with E-state index >= 15 is 0 Å². The van der Waals surface area contributed by atoms with Crippen LogP contribution in [0.4, 0.5) is 5.69 Å². The average Bonchev–Trinajstić information content (AvgIpc) is 2.58. The molecule has 1 aromatic carbocycles. The van der Waals surface area contributed by atoms with Gasteiger partial charge in [0.05, 0.1) is 25.5 Å². The van der Waals surface area contributed by atoms with Crippen LogP contribution in [0, 0.1) is 0 Å². The summed E-state index contributed by atoms with van der Waals surface area (Å²) < 4.78 is 20.2. The van der Waals surface area contributed by atoms with Gasteiger partial charge in [-0.2, -0.15) is 0 Å². The monoisotopic (exact) mass is 326 g/mol. The highest BCUT2D eigenvalue weighted by Crippen LogP contribution is 2.25. The lowest BCUT2D eigenvalue weighted by molar-refractivity contribution is -0.169. The Morgan fingerprint density at radius 3 is 2.30 bits per heavy atom. The molecule has 2 N–H and O–H groups in total. The van der Waals surface area contributed by atoms with E-state index in [4.69, 9.17) is 14.2 Å². The molecular formula is C15H22N2O6. The van der Waals surface area contributed by atoms with Crippen molar-refractivity contribution in [3.63, 3.8) is 0 Å². The zero-order valence-electron chi connectivity index (χ0n) is 13.7. The molecule has 1 rings (SSSR count). The lowest BCUT2D eigenvalue weighted by Gasteiger charge is -2.18. The number of carbonyl (C=O) groups excluding carboxylic acids is 2. The predicted octanol–water partition coefficient (Wildman–Crippen LogP) is 1.32. The number of amides is 1. The fourth-order valence-electron chi connectivity index (χ4n) is 1.73. The van der Waals surface area contributed by atoms with Gasteiger partial charge in [-0.3, -0.25) is 15.6 Å². The highest BCUT2D eigenvalue weighted by molar-refractivity contribution is 5.91. The first kappa shape index (κ1) is 18.7. The molecular weight excluding hydrogens is 304 g/mol. The molecule has 0 fully saturated rings. The number of methoxy groups -OCH3 is 2. The number of esters is 1. The molecule has 8 nitrogen and oxygen atoms in total. The third-order valence-corrected chi connectivity index (χ3v) is 2.79. The highest BCUT2D eigenvalue weighted by atomic mass is 16.7. The molecule has 23 heavy (non-hydrogen) atoms. The lowest BCUT2D eigenvalue weighted by atomic mass is 10.2. The summed E-state index contributed by atoms with van der Waals surface area (Å²) in [6, 6.07) is 4.63. The second kappa shape index (κ2) is 9.65. The number of rotatable bonds is 9. The van der Waals surface area contributed by atoms with Crippen LogP contribution in [0.3, 0.4) is 0 Å². The van der Waals surface area contributed by atoms with Crippen molar-refractivity contribution in [1.29, 1.82) is 0 Å². The Hall–Kier alpha value is -2.32. The summed E-state index contributed by atoms with van der Waals surface area (Å²) in [5, 5.41) is 0. The highest BCUT2D eigenvalue weighted by Gasteiger charge is 2.19. The minimum absolute atomic E-state index is 0.336. The maximum absolute atomic E-state index is 12.0. The van der Waals surface area contributed by atoms with Crippen LogP contribution in [0.25, 0.3) is 0 Å². The molecule has 0 aliphatic rings. The molecule has 1 aromatic rings. The first-order valence-corrected chi connectivity index (χ1v) is 7.12. The summed E-state index contributed by atoms with van der Waals surface area (Å²) in [6.45, 7) is 4.22. The molecule has 0 aliphatic heterocycles. The Bertz CT molecular complexity index is 529. The SMILES string of the molecule is CCOC(OCC)C(=O)NNc1ccc(C(=O)OC)cc1OC. The summed E-state index contributed by atoms with van der Waals surface area (Å²) in [7, 11) is 2.75. The lowest BCUT2D eigenvalue weighted by Crippen LogP contribution is -2.41. The van der Waals surface area contributed by atoms with E-state index in [0.717, 1.165) is 0 Å². The van der Waals surface area contributed by atoms with Gasteiger partial charge in [-0.15, -0.1) is 0 Å². The second-order valence-corrected chi connectivity index (χ2v) is 4.26. The van der Waals surface area contributed by atoms with Crippen molar-refractivity contribution < 1.29 is 28.5 Å². The number of hydrogen-bond donors (Lipinski definition) is 2. The number of nitrogens with one attached hydrogen (secondary N) is 2. The van der Waals surface area contributed by atoms with Crippen molar-refractivity contribution >= 4 is 17.6 Å². The number of carbonyl (C=O) groups is 2. The topological polar surface area (TPSA) is 95.1 Å². The maximum Gasteiger partial charge on any atom is 0.337 e. The average molecular weight is 326 g/mol. The van der Waals surface area contributed by atoms with E-state index in [-0.39, 0.29) is 0 Å². The zero-order chi connectivity index (χ0) is 17.2. The number of ether oxygens (including phenoxy) is 4. The number of benzene rings is 1. The summed E-state index contributed by atoms with van der Waals surface area (Å²) in [5.41, 5.74) is 5.99. The summed E-state index contributed by atoms with van der Waals surface area (Å²) in [6.07, 6.45) is -1.00. The van der Waals surface area contributed by atoms with Crippen molar-refractivity contribution in [3.05, 3.63) is 23.8 Å². The molecule has 0 aromatic heterocycles. The first-order chi connectivity index (χ1) is 11.1. The smallest absolute Gasteiger partial charge is 0.337 e. The molecule has 0 bridgehead atoms. The molecule has 0 saturated carbocycles. The summed E-state index contributed by atoms with van der Waals surface area (Å²) >= 11 is 0. The summed E-state index contributed by atoms with van der Waals surface area (Å²) in [4.78, 5) is 23.5. The van der Waals surface area contributed by atoms with Crippen LogP contribution in [0.1, 0.15) is 24.2 Å². The maximum atomic E-state index is 12.0. The minimum Gasteiger partial charge on any atom is -0.494 e. The zero-order valence-corrected chi connectivity index (χ0v) is 13.7. The van der Waals surface area contributed by atoms with E-state index in [1.54, 1.807) is 26.0 Å². The molecule has 0 saturated heterocycles. The van der Waals surface area contributed by atoms with E-state index in [2.05, 4.69) is 15.6 Å². The third-order valence-electron chi connectivity index (χ3n) is 2.79. The summed E-state index contributed by atoms with van der Waals surface area (Å²) in [5.74, 6) is -0.586. The van der Waals surface area contributed by atoms with Crippen LogP contribution in [0.15, 0.2) is 18.2 Å². The van der Waals surface area contributed by atoms with Crippen LogP contribution in [0.5, 0.6) is 5.75 Å². The second-order valence-electron chi connectivity index (χ2n) is 4.26. The molecule has 0 aliphatic carbocycles. The standard InChI is InChI=1S/C15H22N2O6/c1-5-22-15(23-6-2)13(18)17-16-11-8-7-10(14(19)21-4)9-12(11)20-3/h7-9,15-16H,5-6H2,1-4H3,(H,17,18). The van der Waals surface area contributed by atoms with Gasteiger partial charge in [-0.25, -0.2) is 4.79 Å². The van der Waals surface area contributed by atoms with Crippen molar-refractivity contribution in [2.24, 2.45) is 0 Å². The molecule has 0 unspecified atom stereocenters. The van der Waals surface area contributed by atoms with Crippen LogP contribution in [-0.4, -0.2) is 45.6 Å². The number of hydrogen-bond acceptors (Lipinski definition) is 7.